The molecule has 1 N–H and O–H groups in total. The van der Waals surface area contributed by atoms with Crippen LogP contribution >= 0.6 is 0 Å². The average molecular weight is 788 g/mol. The van der Waals surface area contributed by atoms with Crippen LogP contribution in [0, 0.1) is 0 Å². The van der Waals surface area contributed by atoms with Gasteiger partial charge in [-0.15, -0.1) is 0 Å². The van der Waals surface area contributed by atoms with E-state index in [1.54, 1.807) is 0 Å². The maximum absolute atomic E-state index is 12.5. The predicted molar refractivity (Wildman–Crippen MR) is 253 cm³/mol. The lowest BCUT2D eigenvalue weighted by Crippen LogP contribution is -2.17. The van der Waals surface area contributed by atoms with Crippen molar-refractivity contribution in [3.8, 4) is 67.5 Å². The number of hydrogen-bond acceptors (Lipinski definition) is 3. The van der Waals surface area contributed by atoms with E-state index in [9.17, 15) is 5.11 Å². The van der Waals surface area contributed by atoms with Gasteiger partial charge < -0.3 is 5.11 Å². The fourth-order valence-electron chi connectivity index (χ4n) is 8.41. The molecule has 302 valence electrons. The minimum absolute atomic E-state index is 0.166. The van der Waals surface area contributed by atoms with E-state index in [0.29, 0.717) is 0 Å². The fraction of sp³-hybridized carbons (Fsp3) is 0.250. The van der Waals surface area contributed by atoms with Crippen molar-refractivity contribution in [2.24, 2.45) is 0 Å². The number of benzene rings is 6. The molecule has 0 atom stereocenters. The summed E-state index contributed by atoms with van der Waals surface area (Å²) in [7, 11) is 0. The Morgan fingerprint density at radius 3 is 1.70 bits per heavy atom. The highest BCUT2D eigenvalue weighted by Crippen LogP contribution is 2.47. The third kappa shape index (κ3) is 7.68. The van der Waals surface area contributed by atoms with E-state index in [4.69, 9.17) is 9.97 Å². The Morgan fingerprint density at radius 1 is 0.517 bits per heavy atom. The number of imidazole rings is 1. The van der Waals surface area contributed by atoms with Crippen molar-refractivity contribution < 1.29 is 5.11 Å². The van der Waals surface area contributed by atoms with Crippen molar-refractivity contribution >= 4 is 11.0 Å². The molecule has 6 aromatic carbocycles. The SMILES string of the molecule is CC(C)c1cc(-c2ccccc2)cc(C(C)C)c1-n1c(-c2cc(C(C)(C)C)cc(C(C)(C)C)c2O)nc2c(-c3cccc(-c4cc(-c5ccccc5)ccn4)c3)cccc21. The van der Waals surface area contributed by atoms with Crippen molar-refractivity contribution in [3.05, 3.63) is 168 Å². The van der Waals surface area contributed by atoms with Gasteiger partial charge in [0.25, 0.3) is 0 Å². The van der Waals surface area contributed by atoms with Gasteiger partial charge in [-0.05, 0) is 110 Å². The molecule has 8 aromatic rings. The van der Waals surface area contributed by atoms with Crippen LogP contribution in [0.2, 0.25) is 0 Å². The van der Waals surface area contributed by atoms with E-state index < -0.39 is 0 Å². The van der Waals surface area contributed by atoms with Crippen molar-refractivity contribution in [1.82, 2.24) is 14.5 Å². The molecule has 0 aliphatic heterocycles. The highest BCUT2D eigenvalue weighted by atomic mass is 16.3. The number of aromatic nitrogens is 3. The number of pyridine rings is 1. The molecule has 0 amide bonds. The first-order valence-electron chi connectivity index (χ1n) is 21.4. The molecule has 0 saturated heterocycles. The molecule has 0 aliphatic rings. The minimum atomic E-state index is -0.308. The standard InChI is InChI=1S/C56H57N3O/c1-35(2)45-30-42(38-21-15-12-16-22-38)31-46(36(3)4)52(45)59-50-26-18-25-44(40-23-17-24-41(29-40)49-32-39(27-28-57-49)37-19-13-11-14-20-37)51(50)58-54(59)47-33-43(55(5,6)7)34-48(53(47)60)56(8,9)10/h11-36,60H,1-10H3. The summed E-state index contributed by atoms with van der Waals surface area (Å²) < 4.78 is 2.36. The van der Waals surface area contributed by atoms with Gasteiger partial charge >= 0.3 is 0 Å². The maximum Gasteiger partial charge on any atom is 0.149 e. The lowest BCUT2D eigenvalue weighted by molar-refractivity contribution is 0.446. The van der Waals surface area contributed by atoms with Crippen molar-refractivity contribution in [2.75, 3.05) is 0 Å². The Kier molecular flexibility index (Phi) is 10.6. The van der Waals surface area contributed by atoms with Crippen molar-refractivity contribution in [3.63, 3.8) is 0 Å². The number of nitrogens with zero attached hydrogens (tertiary/aromatic N) is 3. The Balaban J connectivity index is 1.44. The normalized spacial score (nSPS) is 12.2. The Bertz CT molecular complexity index is 2800. The van der Waals surface area contributed by atoms with Crippen LogP contribution in [-0.2, 0) is 10.8 Å². The van der Waals surface area contributed by atoms with E-state index in [-0.39, 0.29) is 28.4 Å². The first-order valence-corrected chi connectivity index (χ1v) is 21.4. The van der Waals surface area contributed by atoms with Crippen molar-refractivity contribution in [2.45, 2.75) is 91.9 Å². The lowest BCUT2D eigenvalue weighted by Gasteiger charge is -2.28. The van der Waals surface area contributed by atoms with Gasteiger partial charge in [-0.25, -0.2) is 4.98 Å². The Morgan fingerprint density at radius 2 is 1.10 bits per heavy atom. The predicted octanol–water partition coefficient (Wildman–Crippen LogP) is 15.3. The second-order valence-corrected chi connectivity index (χ2v) is 18.9. The summed E-state index contributed by atoms with van der Waals surface area (Å²) in [5, 5.41) is 12.5. The number of rotatable bonds is 8. The molecular formula is C56H57N3O. The van der Waals surface area contributed by atoms with Crippen LogP contribution < -0.4 is 0 Å². The van der Waals surface area contributed by atoms with Crippen LogP contribution in [-0.4, -0.2) is 19.6 Å². The first kappa shape index (κ1) is 40.5. The second kappa shape index (κ2) is 15.7. The van der Waals surface area contributed by atoms with E-state index in [0.717, 1.165) is 72.7 Å². The highest BCUT2D eigenvalue weighted by Gasteiger charge is 2.30. The molecule has 4 nitrogen and oxygen atoms in total. The zero-order chi connectivity index (χ0) is 42.5. The van der Waals surface area contributed by atoms with Crippen LogP contribution in [0.3, 0.4) is 0 Å². The van der Waals surface area contributed by atoms with E-state index in [2.05, 4.69) is 207 Å². The summed E-state index contributed by atoms with van der Waals surface area (Å²) in [4.78, 5) is 10.5. The highest BCUT2D eigenvalue weighted by molar-refractivity contribution is 5.97. The van der Waals surface area contributed by atoms with Gasteiger partial charge in [0.05, 0.1) is 28.0 Å². The molecule has 60 heavy (non-hydrogen) atoms. The molecule has 0 radical (unpaired) electrons. The molecule has 8 rings (SSSR count). The summed E-state index contributed by atoms with van der Waals surface area (Å²) in [5.74, 6) is 1.41. The van der Waals surface area contributed by atoms with Crippen molar-refractivity contribution in [1.29, 1.82) is 0 Å². The number of aromatic hydroxyl groups is 1. The third-order valence-electron chi connectivity index (χ3n) is 11.8. The minimum Gasteiger partial charge on any atom is -0.507 e. The molecule has 0 spiro atoms. The zero-order valence-electron chi connectivity index (χ0n) is 36.8. The second-order valence-electron chi connectivity index (χ2n) is 18.9. The number of phenolic OH excluding ortho intramolecular Hbond substituents is 1. The fourth-order valence-corrected chi connectivity index (χ4v) is 8.41. The molecule has 0 fully saturated rings. The molecule has 2 aromatic heterocycles. The van der Waals surface area contributed by atoms with Crippen LogP contribution in [0.4, 0.5) is 0 Å². The zero-order valence-corrected chi connectivity index (χ0v) is 36.8. The van der Waals surface area contributed by atoms with E-state index in [1.807, 2.05) is 12.3 Å². The molecule has 0 bridgehead atoms. The number of phenols is 1. The number of para-hydroxylation sites is 1. The smallest absolute Gasteiger partial charge is 0.149 e. The van der Waals surface area contributed by atoms with Gasteiger partial charge in [0.15, 0.2) is 0 Å². The molecule has 0 saturated carbocycles. The van der Waals surface area contributed by atoms with Gasteiger partial charge in [-0.2, -0.15) is 0 Å². The first-order chi connectivity index (χ1) is 28.6. The van der Waals surface area contributed by atoms with Gasteiger partial charge in [0.1, 0.15) is 11.6 Å². The summed E-state index contributed by atoms with van der Waals surface area (Å²) in [5.41, 5.74) is 16.5. The quantitative estimate of drug-likeness (QED) is 0.167. The molecule has 0 unspecified atom stereocenters. The Labute approximate surface area is 356 Å². The van der Waals surface area contributed by atoms with Gasteiger partial charge in [-0.3, -0.25) is 9.55 Å². The molecule has 0 aliphatic carbocycles. The third-order valence-corrected chi connectivity index (χ3v) is 11.8. The lowest BCUT2D eigenvalue weighted by atomic mass is 9.78. The van der Waals surface area contributed by atoms with Crippen LogP contribution in [0.15, 0.2) is 146 Å². The maximum atomic E-state index is 12.5. The Hall–Kier alpha value is -6.26. The summed E-state index contributed by atoms with van der Waals surface area (Å²) in [6.45, 7) is 22.4. The van der Waals surface area contributed by atoms with E-state index in [1.165, 1.54) is 22.3 Å². The van der Waals surface area contributed by atoms with Crippen LogP contribution in [0.25, 0.3) is 72.7 Å². The number of fused-ring (bicyclic) bond motifs is 1. The number of hydrogen-bond donors (Lipinski definition) is 1. The summed E-state index contributed by atoms with van der Waals surface area (Å²) in [6.07, 6.45) is 1.89. The largest absolute Gasteiger partial charge is 0.507 e. The van der Waals surface area contributed by atoms with E-state index >= 15 is 0 Å². The summed E-state index contributed by atoms with van der Waals surface area (Å²) in [6, 6.07) is 49.6. The molecule has 4 heteroatoms. The monoisotopic (exact) mass is 787 g/mol. The summed E-state index contributed by atoms with van der Waals surface area (Å²) >= 11 is 0. The van der Waals surface area contributed by atoms with Gasteiger partial charge in [-0.1, -0.05) is 166 Å². The van der Waals surface area contributed by atoms with Gasteiger partial charge in [0, 0.05) is 22.9 Å². The topological polar surface area (TPSA) is 50.9 Å². The average Bonchev–Trinajstić information content (AvgIpc) is 3.62. The van der Waals surface area contributed by atoms with Crippen LogP contribution in [0.1, 0.15) is 103 Å². The molecule has 2 heterocycles. The molecular weight excluding hydrogens is 731 g/mol. The van der Waals surface area contributed by atoms with Crippen LogP contribution in [0.5, 0.6) is 5.75 Å². The van der Waals surface area contributed by atoms with Gasteiger partial charge in [0.2, 0.25) is 0 Å².